The van der Waals surface area contributed by atoms with Gasteiger partial charge >= 0.3 is 0 Å². The monoisotopic (exact) mass is 356 g/mol. The number of amides is 1. The summed E-state index contributed by atoms with van der Waals surface area (Å²) in [6.45, 7) is 2.21. The normalized spacial score (nSPS) is 21.3. The molecular formula is C16H24N2O5S. The lowest BCUT2D eigenvalue weighted by Crippen LogP contribution is -2.33. The van der Waals surface area contributed by atoms with Gasteiger partial charge in [0.25, 0.3) is 5.91 Å². The molecule has 0 aliphatic carbocycles. The quantitative estimate of drug-likeness (QED) is 0.821. The maximum absolute atomic E-state index is 12.7. The number of carbonyl (C=O) groups is 1. The number of aryl methyl sites for hydroxylation is 1. The van der Waals surface area contributed by atoms with Crippen molar-refractivity contribution in [2.24, 2.45) is 5.92 Å². The predicted octanol–water partition coefficient (Wildman–Crippen LogP) is 0.328. The summed E-state index contributed by atoms with van der Waals surface area (Å²) in [5, 5.41) is 10.2. The number of hydrogen-bond acceptors (Lipinski definition) is 5. The molecule has 0 unspecified atom stereocenters. The summed E-state index contributed by atoms with van der Waals surface area (Å²) >= 11 is 0. The Balaban J connectivity index is 2.16. The lowest BCUT2D eigenvalue weighted by molar-refractivity contribution is 0.0761. The Labute approximate surface area is 142 Å². The average molecular weight is 356 g/mol. The standard InChI is InChI=1S/C16H24N2O5S/c1-11-5-6-13(15(7-11)23-4)16(20)18-8-12(14(19)9-18)10-24(21,22)17(2)3/h5-7,12,14,19H,8-10H2,1-4H3/t12-,14+/m0/s1. The highest BCUT2D eigenvalue weighted by molar-refractivity contribution is 7.89. The van der Waals surface area contributed by atoms with Crippen molar-refractivity contribution in [3.8, 4) is 5.75 Å². The van der Waals surface area contributed by atoms with Gasteiger partial charge in [0, 0.05) is 33.1 Å². The maximum atomic E-state index is 12.7. The number of nitrogens with zero attached hydrogens (tertiary/aromatic N) is 2. The number of sulfonamides is 1. The number of carbonyl (C=O) groups excluding carboxylic acids is 1. The topological polar surface area (TPSA) is 87.2 Å². The van der Waals surface area contributed by atoms with E-state index >= 15 is 0 Å². The van der Waals surface area contributed by atoms with E-state index in [1.807, 2.05) is 13.0 Å². The van der Waals surface area contributed by atoms with Crippen LogP contribution in [-0.2, 0) is 10.0 Å². The van der Waals surface area contributed by atoms with E-state index in [2.05, 4.69) is 0 Å². The number of rotatable bonds is 5. The van der Waals surface area contributed by atoms with Gasteiger partial charge in [0.05, 0.1) is 24.5 Å². The number of β-amino-alcohol motifs (C(OH)–C–C–N with tert-alkyl or cyclic N) is 1. The van der Waals surface area contributed by atoms with Crippen LogP contribution in [0.3, 0.4) is 0 Å². The molecule has 2 rings (SSSR count). The van der Waals surface area contributed by atoms with Crippen LogP contribution in [0, 0.1) is 12.8 Å². The first-order valence-electron chi connectivity index (χ1n) is 7.68. The third-order valence-electron chi connectivity index (χ3n) is 4.26. The van der Waals surface area contributed by atoms with Crippen LogP contribution in [0.4, 0.5) is 0 Å². The second-order valence-electron chi connectivity index (χ2n) is 6.30. The van der Waals surface area contributed by atoms with Gasteiger partial charge in [-0.15, -0.1) is 0 Å². The largest absolute Gasteiger partial charge is 0.496 e. The third kappa shape index (κ3) is 3.88. The molecule has 7 nitrogen and oxygen atoms in total. The van der Waals surface area contributed by atoms with Crippen LogP contribution in [-0.4, -0.2) is 74.8 Å². The van der Waals surface area contributed by atoms with Gasteiger partial charge in [0.1, 0.15) is 5.75 Å². The number of benzene rings is 1. The summed E-state index contributed by atoms with van der Waals surface area (Å²) in [5.41, 5.74) is 1.38. The van der Waals surface area contributed by atoms with Crippen molar-refractivity contribution in [3.63, 3.8) is 0 Å². The molecule has 134 valence electrons. The summed E-state index contributed by atoms with van der Waals surface area (Å²) < 4.78 is 30.4. The molecule has 2 atom stereocenters. The van der Waals surface area contributed by atoms with Crippen molar-refractivity contribution in [2.45, 2.75) is 13.0 Å². The van der Waals surface area contributed by atoms with Crippen LogP contribution in [0.1, 0.15) is 15.9 Å². The molecule has 1 aromatic rings. The van der Waals surface area contributed by atoms with Crippen LogP contribution >= 0.6 is 0 Å². The second kappa shape index (κ2) is 7.08. The van der Waals surface area contributed by atoms with E-state index in [-0.39, 0.29) is 24.7 Å². The Morgan fingerprint density at radius 3 is 2.62 bits per heavy atom. The fourth-order valence-corrected chi connectivity index (χ4v) is 3.92. The molecule has 0 radical (unpaired) electrons. The first kappa shape index (κ1) is 18.7. The fraction of sp³-hybridized carbons (Fsp3) is 0.562. The Bertz CT molecular complexity index is 717. The summed E-state index contributed by atoms with van der Waals surface area (Å²) in [6, 6.07) is 5.27. The predicted molar refractivity (Wildman–Crippen MR) is 90.6 cm³/mol. The van der Waals surface area contributed by atoms with Crippen molar-refractivity contribution in [3.05, 3.63) is 29.3 Å². The molecule has 0 aromatic heterocycles. The van der Waals surface area contributed by atoms with Gasteiger partial charge < -0.3 is 14.7 Å². The molecular weight excluding hydrogens is 332 g/mol. The van der Waals surface area contributed by atoms with Crippen molar-refractivity contribution >= 4 is 15.9 Å². The highest BCUT2D eigenvalue weighted by Crippen LogP contribution is 2.26. The Morgan fingerprint density at radius 1 is 1.38 bits per heavy atom. The van der Waals surface area contributed by atoms with E-state index in [1.165, 1.54) is 26.1 Å². The SMILES string of the molecule is COc1cc(C)ccc1C(=O)N1C[C@@H](CS(=O)(=O)N(C)C)[C@H](O)C1. The van der Waals surface area contributed by atoms with Gasteiger partial charge in [0.15, 0.2) is 0 Å². The van der Waals surface area contributed by atoms with Crippen LogP contribution in [0.15, 0.2) is 18.2 Å². The van der Waals surface area contributed by atoms with Gasteiger partial charge in [-0.25, -0.2) is 12.7 Å². The highest BCUT2D eigenvalue weighted by Gasteiger charge is 2.38. The lowest BCUT2D eigenvalue weighted by Gasteiger charge is -2.19. The number of hydrogen-bond donors (Lipinski definition) is 1. The first-order chi connectivity index (χ1) is 11.2. The molecule has 0 saturated carbocycles. The van der Waals surface area contributed by atoms with Crippen LogP contribution in [0.25, 0.3) is 0 Å². The van der Waals surface area contributed by atoms with Gasteiger partial charge in [-0.3, -0.25) is 4.79 Å². The van der Waals surface area contributed by atoms with E-state index in [1.54, 1.807) is 12.1 Å². The third-order valence-corrected chi connectivity index (χ3v) is 6.22. The molecule has 0 spiro atoms. The van der Waals surface area contributed by atoms with Crippen molar-refractivity contribution in [2.75, 3.05) is 40.0 Å². The Morgan fingerprint density at radius 2 is 2.04 bits per heavy atom. The first-order valence-corrected chi connectivity index (χ1v) is 9.29. The smallest absolute Gasteiger partial charge is 0.257 e. The number of aliphatic hydroxyl groups is 1. The molecule has 8 heteroatoms. The molecule has 1 fully saturated rings. The minimum absolute atomic E-state index is 0.115. The van der Waals surface area contributed by atoms with Crippen LogP contribution in [0.5, 0.6) is 5.75 Å². The number of ether oxygens (including phenoxy) is 1. The molecule has 1 aromatic carbocycles. The number of methoxy groups -OCH3 is 1. The molecule has 1 amide bonds. The molecule has 24 heavy (non-hydrogen) atoms. The van der Waals surface area contributed by atoms with Gasteiger partial charge in [-0.05, 0) is 24.6 Å². The number of likely N-dealkylation sites (tertiary alicyclic amines) is 1. The van der Waals surface area contributed by atoms with E-state index in [0.29, 0.717) is 11.3 Å². The van der Waals surface area contributed by atoms with Crippen LogP contribution < -0.4 is 4.74 Å². The van der Waals surface area contributed by atoms with Crippen molar-refractivity contribution in [1.82, 2.24) is 9.21 Å². The molecule has 1 aliphatic heterocycles. The zero-order chi connectivity index (χ0) is 18.1. The highest BCUT2D eigenvalue weighted by atomic mass is 32.2. The van der Waals surface area contributed by atoms with E-state index < -0.39 is 22.0 Å². The van der Waals surface area contributed by atoms with Crippen molar-refractivity contribution in [1.29, 1.82) is 0 Å². The summed E-state index contributed by atoms with van der Waals surface area (Å²) in [4.78, 5) is 14.2. The maximum Gasteiger partial charge on any atom is 0.257 e. The average Bonchev–Trinajstić information content (AvgIpc) is 2.86. The minimum Gasteiger partial charge on any atom is -0.496 e. The zero-order valence-electron chi connectivity index (χ0n) is 14.4. The van der Waals surface area contributed by atoms with Crippen molar-refractivity contribution < 1.29 is 23.1 Å². The van der Waals surface area contributed by atoms with E-state index in [0.717, 1.165) is 9.87 Å². The summed E-state index contributed by atoms with van der Waals surface area (Å²) in [7, 11) is 0.971. The summed E-state index contributed by atoms with van der Waals surface area (Å²) in [5.74, 6) is -0.483. The van der Waals surface area contributed by atoms with E-state index in [9.17, 15) is 18.3 Å². The van der Waals surface area contributed by atoms with Gasteiger partial charge in [-0.2, -0.15) is 0 Å². The Kier molecular flexibility index (Phi) is 5.52. The lowest BCUT2D eigenvalue weighted by atomic mass is 10.1. The minimum atomic E-state index is -3.44. The van der Waals surface area contributed by atoms with Crippen LogP contribution in [0.2, 0.25) is 0 Å². The number of aliphatic hydroxyl groups excluding tert-OH is 1. The second-order valence-corrected chi connectivity index (χ2v) is 8.53. The molecule has 0 bridgehead atoms. The van der Waals surface area contributed by atoms with Gasteiger partial charge in [0.2, 0.25) is 10.0 Å². The fourth-order valence-electron chi connectivity index (χ4n) is 2.75. The van der Waals surface area contributed by atoms with Gasteiger partial charge in [-0.1, -0.05) is 6.07 Å². The zero-order valence-corrected chi connectivity index (χ0v) is 15.2. The summed E-state index contributed by atoms with van der Waals surface area (Å²) in [6.07, 6.45) is -0.861. The Hall–Kier alpha value is -1.64. The van der Waals surface area contributed by atoms with E-state index in [4.69, 9.17) is 4.74 Å². The molecule has 1 N–H and O–H groups in total. The molecule has 1 heterocycles. The molecule has 1 aliphatic rings. The molecule has 1 saturated heterocycles.